The van der Waals surface area contributed by atoms with Crippen molar-refractivity contribution >= 4 is 35.3 Å². The lowest BCUT2D eigenvalue weighted by Crippen LogP contribution is -1.94. The minimum atomic E-state index is 1.21. The van der Waals surface area contributed by atoms with E-state index in [4.69, 9.17) is 0 Å². The van der Waals surface area contributed by atoms with E-state index in [9.17, 15) is 0 Å². The minimum Gasteiger partial charge on any atom is -0.125 e. The number of hydrogen-bond acceptors (Lipinski definition) is 3. The van der Waals surface area contributed by atoms with Crippen LogP contribution in [0.2, 0.25) is 0 Å². The summed E-state index contributed by atoms with van der Waals surface area (Å²) in [5, 5.41) is 0. The van der Waals surface area contributed by atoms with Gasteiger partial charge in [-0.15, -0.1) is 35.3 Å². The second-order valence-corrected chi connectivity index (χ2v) is 9.66. The van der Waals surface area contributed by atoms with Crippen LogP contribution in [0.4, 0.5) is 0 Å². The summed E-state index contributed by atoms with van der Waals surface area (Å²) in [7, 11) is 0. The fourth-order valence-electron chi connectivity index (χ4n) is 2.39. The molecule has 0 saturated heterocycles. The number of thioether (sulfide) groups is 3. The third kappa shape index (κ3) is 8.58. The molecular formula is C21H36S3. The smallest absolute Gasteiger partial charge is 0.0344 e. The molecule has 0 aliphatic heterocycles. The fourth-order valence-corrected chi connectivity index (χ4v) is 6.46. The number of aryl methyl sites for hydroxylation is 1. The predicted octanol–water partition coefficient (Wildman–Crippen LogP) is 8.32. The first-order valence-electron chi connectivity index (χ1n) is 9.82. The number of benzene rings is 1. The SMILES string of the molecule is CCCCSc1cc(CCC)cc(SCCCC)c1SCCCC. The highest BCUT2D eigenvalue weighted by Gasteiger charge is 2.13. The molecule has 24 heavy (non-hydrogen) atoms. The van der Waals surface area contributed by atoms with Gasteiger partial charge in [0.05, 0.1) is 0 Å². The average molecular weight is 385 g/mol. The van der Waals surface area contributed by atoms with Gasteiger partial charge in [-0.2, -0.15) is 0 Å². The normalized spacial score (nSPS) is 11.2. The summed E-state index contributed by atoms with van der Waals surface area (Å²) in [5.74, 6) is 3.77. The minimum absolute atomic E-state index is 1.21. The van der Waals surface area contributed by atoms with Crippen molar-refractivity contribution in [1.82, 2.24) is 0 Å². The first-order valence-corrected chi connectivity index (χ1v) is 12.8. The van der Waals surface area contributed by atoms with Gasteiger partial charge < -0.3 is 0 Å². The summed E-state index contributed by atoms with van der Waals surface area (Å²) < 4.78 is 0. The Morgan fingerprint density at radius 2 is 1.08 bits per heavy atom. The molecule has 1 aromatic carbocycles. The lowest BCUT2D eigenvalue weighted by molar-refractivity contribution is 0.881. The largest absolute Gasteiger partial charge is 0.125 e. The molecule has 0 unspecified atom stereocenters. The third-order valence-electron chi connectivity index (χ3n) is 3.87. The first kappa shape index (κ1) is 22.3. The van der Waals surface area contributed by atoms with Crippen molar-refractivity contribution in [2.75, 3.05) is 17.3 Å². The first-order chi connectivity index (χ1) is 11.8. The zero-order valence-electron chi connectivity index (χ0n) is 16.2. The van der Waals surface area contributed by atoms with Gasteiger partial charge in [0.2, 0.25) is 0 Å². The van der Waals surface area contributed by atoms with Gasteiger partial charge in [0.25, 0.3) is 0 Å². The standard InChI is InChI=1S/C21H36S3/c1-5-9-13-22-19-16-18(12-8-4)17-20(23-14-10-6-2)21(19)24-15-11-7-3/h16-17H,5-15H2,1-4H3. The molecule has 0 radical (unpaired) electrons. The van der Waals surface area contributed by atoms with Crippen molar-refractivity contribution in [1.29, 1.82) is 0 Å². The van der Waals surface area contributed by atoms with Crippen LogP contribution in [0, 0.1) is 0 Å². The molecule has 0 aliphatic carbocycles. The van der Waals surface area contributed by atoms with Crippen LogP contribution in [0.1, 0.15) is 78.2 Å². The monoisotopic (exact) mass is 384 g/mol. The van der Waals surface area contributed by atoms with E-state index in [1.54, 1.807) is 14.7 Å². The van der Waals surface area contributed by atoms with Gasteiger partial charge in [-0.3, -0.25) is 0 Å². The number of unbranched alkanes of at least 4 members (excludes halogenated alkanes) is 3. The second-order valence-electron chi connectivity index (χ2n) is 6.28. The highest BCUT2D eigenvalue weighted by molar-refractivity contribution is 8.03. The van der Waals surface area contributed by atoms with Gasteiger partial charge in [0.1, 0.15) is 0 Å². The Morgan fingerprint density at radius 3 is 1.50 bits per heavy atom. The van der Waals surface area contributed by atoms with E-state index in [-0.39, 0.29) is 0 Å². The van der Waals surface area contributed by atoms with Crippen LogP contribution in [-0.4, -0.2) is 17.3 Å². The number of rotatable bonds is 14. The van der Waals surface area contributed by atoms with Crippen LogP contribution in [0.5, 0.6) is 0 Å². The van der Waals surface area contributed by atoms with Crippen LogP contribution >= 0.6 is 35.3 Å². The van der Waals surface area contributed by atoms with E-state index in [1.165, 1.54) is 74.2 Å². The van der Waals surface area contributed by atoms with Crippen molar-refractivity contribution in [3.63, 3.8) is 0 Å². The molecule has 0 saturated carbocycles. The van der Waals surface area contributed by atoms with Crippen molar-refractivity contribution in [3.05, 3.63) is 17.7 Å². The van der Waals surface area contributed by atoms with Gasteiger partial charge in [-0.1, -0.05) is 53.4 Å². The highest BCUT2D eigenvalue weighted by Crippen LogP contribution is 2.41. The van der Waals surface area contributed by atoms with Crippen molar-refractivity contribution in [3.8, 4) is 0 Å². The molecule has 0 fully saturated rings. The Bertz CT molecular complexity index is 412. The lowest BCUT2D eigenvalue weighted by atomic mass is 10.1. The Balaban J connectivity index is 3.01. The van der Waals surface area contributed by atoms with E-state index in [0.717, 1.165) is 0 Å². The quantitative estimate of drug-likeness (QED) is 0.234. The van der Waals surface area contributed by atoms with E-state index in [2.05, 4.69) is 75.1 Å². The van der Waals surface area contributed by atoms with E-state index in [1.807, 2.05) is 0 Å². The highest BCUT2D eigenvalue weighted by atomic mass is 32.2. The molecule has 0 heterocycles. The summed E-state index contributed by atoms with van der Waals surface area (Å²) >= 11 is 6.28. The van der Waals surface area contributed by atoms with Gasteiger partial charge >= 0.3 is 0 Å². The van der Waals surface area contributed by atoms with Gasteiger partial charge in [0, 0.05) is 14.7 Å². The molecule has 0 aromatic heterocycles. The third-order valence-corrected chi connectivity index (χ3v) is 7.61. The Hall–Kier alpha value is 0.270. The zero-order valence-corrected chi connectivity index (χ0v) is 18.6. The van der Waals surface area contributed by atoms with Crippen LogP contribution in [0.25, 0.3) is 0 Å². The maximum absolute atomic E-state index is 2.49. The molecule has 138 valence electrons. The Labute approximate surface area is 163 Å². The predicted molar refractivity (Wildman–Crippen MR) is 117 cm³/mol. The summed E-state index contributed by atoms with van der Waals surface area (Å²) in [4.78, 5) is 4.68. The second kappa shape index (κ2) is 14.4. The fraction of sp³-hybridized carbons (Fsp3) is 0.714. The van der Waals surface area contributed by atoms with Crippen molar-refractivity contribution in [2.24, 2.45) is 0 Å². The van der Waals surface area contributed by atoms with E-state index >= 15 is 0 Å². The maximum atomic E-state index is 2.49. The van der Waals surface area contributed by atoms with Crippen LogP contribution in [0.3, 0.4) is 0 Å². The summed E-state index contributed by atoms with van der Waals surface area (Å²) in [6.45, 7) is 9.16. The van der Waals surface area contributed by atoms with Crippen LogP contribution in [0.15, 0.2) is 26.8 Å². The summed E-state index contributed by atoms with van der Waals surface area (Å²) in [6, 6.07) is 4.98. The van der Waals surface area contributed by atoms with Gasteiger partial charge in [-0.25, -0.2) is 0 Å². The topological polar surface area (TPSA) is 0 Å². The summed E-state index contributed by atoms with van der Waals surface area (Å²) in [6.07, 6.45) is 10.3. The van der Waals surface area contributed by atoms with Crippen molar-refractivity contribution < 1.29 is 0 Å². The molecule has 0 bridgehead atoms. The van der Waals surface area contributed by atoms with E-state index in [0.29, 0.717) is 0 Å². The van der Waals surface area contributed by atoms with Crippen LogP contribution < -0.4 is 0 Å². The van der Waals surface area contributed by atoms with E-state index < -0.39 is 0 Å². The molecule has 1 aromatic rings. The molecular weight excluding hydrogens is 348 g/mol. The molecule has 0 N–H and O–H groups in total. The van der Waals surface area contributed by atoms with Gasteiger partial charge in [-0.05, 0) is 60.6 Å². The Kier molecular flexibility index (Phi) is 13.4. The molecule has 0 amide bonds. The molecule has 3 heteroatoms. The molecule has 1 rings (SSSR count). The Morgan fingerprint density at radius 1 is 0.625 bits per heavy atom. The van der Waals surface area contributed by atoms with Crippen LogP contribution in [-0.2, 0) is 6.42 Å². The molecule has 0 atom stereocenters. The summed E-state index contributed by atoms with van der Waals surface area (Å²) in [5.41, 5.74) is 1.54. The number of hydrogen-bond donors (Lipinski definition) is 0. The molecule has 0 aliphatic rings. The average Bonchev–Trinajstić information content (AvgIpc) is 2.58. The van der Waals surface area contributed by atoms with Crippen molar-refractivity contribution in [2.45, 2.75) is 93.7 Å². The lowest BCUT2D eigenvalue weighted by Gasteiger charge is -2.16. The molecule has 0 spiro atoms. The zero-order chi connectivity index (χ0) is 17.6. The van der Waals surface area contributed by atoms with Gasteiger partial charge in [0.15, 0.2) is 0 Å². The maximum Gasteiger partial charge on any atom is 0.0344 e. The molecule has 0 nitrogen and oxygen atoms in total.